The number of alkyl halides is 1. The highest BCUT2D eigenvalue weighted by Crippen LogP contribution is 2.39. The van der Waals surface area contributed by atoms with E-state index in [-0.39, 0.29) is 18.3 Å². The maximum absolute atomic E-state index is 13.5. The molecule has 1 aliphatic rings. The van der Waals surface area contributed by atoms with Gasteiger partial charge in [-0.3, -0.25) is 0 Å². The van der Waals surface area contributed by atoms with Gasteiger partial charge in [-0.05, 0) is 38.7 Å². The lowest BCUT2D eigenvalue weighted by Crippen LogP contribution is -2.62. The molecule has 0 unspecified atom stereocenters. The van der Waals surface area contributed by atoms with E-state index in [0.717, 1.165) is 51.4 Å². The van der Waals surface area contributed by atoms with E-state index in [2.05, 4.69) is 27.7 Å². The normalized spacial score (nSPS) is 27.5. The predicted octanol–water partition coefficient (Wildman–Crippen LogP) is 6.00. The van der Waals surface area contributed by atoms with E-state index in [4.69, 9.17) is 23.7 Å². The van der Waals surface area contributed by atoms with Gasteiger partial charge in [0, 0.05) is 26.4 Å². The molecule has 5 nitrogen and oxygen atoms in total. The van der Waals surface area contributed by atoms with Gasteiger partial charge in [-0.1, -0.05) is 53.4 Å². The number of unbranched alkanes of at least 4 members (excludes halogenated alkanes) is 4. The first-order valence-electron chi connectivity index (χ1n) is 12.5. The molecule has 1 aliphatic heterocycles. The fraction of sp³-hybridized carbons (Fsp3) is 0.920. The van der Waals surface area contributed by atoms with Gasteiger partial charge in [0.05, 0.1) is 6.61 Å². The van der Waals surface area contributed by atoms with E-state index in [0.29, 0.717) is 38.8 Å². The van der Waals surface area contributed by atoms with Gasteiger partial charge in [-0.15, -0.1) is 0 Å². The van der Waals surface area contributed by atoms with Crippen LogP contribution in [-0.4, -0.2) is 63.6 Å². The summed E-state index contributed by atoms with van der Waals surface area (Å²) in [7, 11) is 0. The third-order valence-corrected chi connectivity index (χ3v) is 5.67. The molecule has 6 heteroatoms. The van der Waals surface area contributed by atoms with Crippen LogP contribution in [0.4, 0.5) is 4.39 Å². The minimum absolute atomic E-state index is 0.339. The summed E-state index contributed by atoms with van der Waals surface area (Å²) in [6, 6.07) is 0. The number of hydrogen-bond acceptors (Lipinski definition) is 5. The van der Waals surface area contributed by atoms with E-state index < -0.39 is 12.3 Å². The maximum Gasteiger partial charge on any atom is 0.150 e. The van der Waals surface area contributed by atoms with Gasteiger partial charge >= 0.3 is 0 Å². The maximum atomic E-state index is 13.5. The molecule has 4 atom stereocenters. The van der Waals surface area contributed by atoms with Crippen LogP contribution in [0.3, 0.4) is 0 Å². The zero-order chi connectivity index (χ0) is 23.0. The molecule has 0 bridgehead atoms. The van der Waals surface area contributed by atoms with Crippen molar-refractivity contribution in [3.63, 3.8) is 0 Å². The van der Waals surface area contributed by atoms with Crippen molar-refractivity contribution in [3.05, 3.63) is 11.8 Å². The number of rotatable bonds is 18. The van der Waals surface area contributed by atoms with Crippen LogP contribution in [0.25, 0.3) is 0 Å². The zero-order valence-electron chi connectivity index (χ0n) is 20.6. The summed E-state index contributed by atoms with van der Waals surface area (Å²) >= 11 is 0. The summed E-state index contributed by atoms with van der Waals surface area (Å²) in [6.45, 7) is 12.7. The molecule has 1 heterocycles. The third kappa shape index (κ3) is 9.37. The number of halogens is 1. The first-order chi connectivity index (χ1) is 15.1. The van der Waals surface area contributed by atoms with E-state index >= 15 is 0 Å². The van der Waals surface area contributed by atoms with Crippen LogP contribution < -0.4 is 0 Å². The predicted molar refractivity (Wildman–Crippen MR) is 123 cm³/mol. The molecule has 0 radical (unpaired) electrons. The molecule has 31 heavy (non-hydrogen) atoms. The van der Waals surface area contributed by atoms with Crippen molar-refractivity contribution in [3.8, 4) is 0 Å². The van der Waals surface area contributed by atoms with Gasteiger partial charge in [-0.25, -0.2) is 4.39 Å². The quantitative estimate of drug-likeness (QED) is 0.242. The zero-order valence-corrected chi connectivity index (χ0v) is 20.6. The van der Waals surface area contributed by atoms with Crippen LogP contribution in [0.15, 0.2) is 11.8 Å². The lowest BCUT2D eigenvalue weighted by molar-refractivity contribution is -0.248. The molecule has 0 N–H and O–H groups in total. The topological polar surface area (TPSA) is 46.2 Å². The standard InChI is InChI=1S/C25H47FO5/c1-6-10-16-27-20-21-23(28-17-11-7-2)24(29-18-12-8-3)25(5,30-19-13-9-4)22(31-21)14-15-26/h14,21,23-24H,6-13,15-20H2,1-5H3/b22-14-/t21-,23-,24+,25-/m1/s1. The van der Waals surface area contributed by atoms with Crippen molar-refractivity contribution in [2.75, 3.05) is 39.7 Å². The Morgan fingerprint density at radius 3 is 2.06 bits per heavy atom. The van der Waals surface area contributed by atoms with Gasteiger partial charge in [0.2, 0.25) is 0 Å². The van der Waals surface area contributed by atoms with E-state index in [1.54, 1.807) is 0 Å². The Morgan fingerprint density at radius 1 is 0.871 bits per heavy atom. The highest BCUT2D eigenvalue weighted by Gasteiger charge is 2.54. The number of ether oxygens (including phenoxy) is 5. The number of hydrogen-bond donors (Lipinski definition) is 0. The van der Waals surface area contributed by atoms with Gasteiger partial charge < -0.3 is 23.7 Å². The van der Waals surface area contributed by atoms with Crippen molar-refractivity contribution in [2.45, 2.75) is 110 Å². The summed E-state index contributed by atoms with van der Waals surface area (Å²) in [5.41, 5.74) is -0.897. The first kappa shape index (κ1) is 28.3. The number of allylic oxidation sites excluding steroid dienone is 1. The Bertz CT molecular complexity index is 473. The van der Waals surface area contributed by atoms with Crippen LogP contribution in [0, 0.1) is 0 Å². The summed E-state index contributed by atoms with van der Waals surface area (Å²) in [5.74, 6) is 0.493. The second-order valence-corrected chi connectivity index (χ2v) is 8.45. The minimum Gasteiger partial charge on any atom is -0.487 e. The summed E-state index contributed by atoms with van der Waals surface area (Å²) in [6.07, 6.45) is 8.38. The fourth-order valence-corrected chi connectivity index (χ4v) is 3.64. The van der Waals surface area contributed by atoms with Gasteiger partial charge in [0.15, 0.2) is 11.7 Å². The van der Waals surface area contributed by atoms with Crippen LogP contribution in [0.1, 0.15) is 86.0 Å². The molecule has 0 aliphatic carbocycles. The van der Waals surface area contributed by atoms with Crippen LogP contribution in [0.2, 0.25) is 0 Å². The molecule has 1 saturated heterocycles. The summed E-state index contributed by atoms with van der Waals surface area (Å²) < 4.78 is 44.7. The molecule has 0 aromatic heterocycles. The molecule has 0 aromatic rings. The smallest absolute Gasteiger partial charge is 0.150 e. The molecular weight excluding hydrogens is 399 g/mol. The Labute approximate surface area is 190 Å². The Kier molecular flexibility index (Phi) is 15.4. The average molecular weight is 447 g/mol. The molecule has 0 spiro atoms. The average Bonchev–Trinajstić information content (AvgIpc) is 2.76. The molecule has 0 saturated carbocycles. The lowest BCUT2D eigenvalue weighted by atomic mass is 9.85. The van der Waals surface area contributed by atoms with Crippen LogP contribution >= 0.6 is 0 Å². The van der Waals surface area contributed by atoms with Gasteiger partial charge in [0.1, 0.15) is 24.6 Å². The molecule has 1 rings (SSSR count). The van der Waals surface area contributed by atoms with E-state index in [1.165, 1.54) is 6.08 Å². The highest BCUT2D eigenvalue weighted by molar-refractivity contribution is 5.19. The van der Waals surface area contributed by atoms with Crippen molar-refractivity contribution in [1.82, 2.24) is 0 Å². The molecule has 0 aromatic carbocycles. The second kappa shape index (κ2) is 16.9. The largest absolute Gasteiger partial charge is 0.487 e. The van der Waals surface area contributed by atoms with Gasteiger partial charge in [0.25, 0.3) is 0 Å². The monoisotopic (exact) mass is 446 g/mol. The molecule has 1 fully saturated rings. The SMILES string of the molecule is CCCCOC[C@H]1O/C(=C\CF)[C@@](C)(OCCCC)[C@@H](OCCCC)[C@@H]1OCCCC. The molecule has 0 amide bonds. The lowest BCUT2D eigenvalue weighted by Gasteiger charge is -2.49. The Balaban J connectivity index is 3.17. The fourth-order valence-electron chi connectivity index (χ4n) is 3.64. The first-order valence-corrected chi connectivity index (χ1v) is 12.5. The van der Waals surface area contributed by atoms with Crippen molar-refractivity contribution < 1.29 is 28.1 Å². The minimum atomic E-state index is -0.897. The summed E-state index contributed by atoms with van der Waals surface area (Å²) in [5, 5.41) is 0. The van der Waals surface area contributed by atoms with Crippen LogP contribution in [0.5, 0.6) is 0 Å². The summed E-state index contributed by atoms with van der Waals surface area (Å²) in [4.78, 5) is 0. The van der Waals surface area contributed by atoms with Crippen molar-refractivity contribution in [1.29, 1.82) is 0 Å². The Morgan fingerprint density at radius 2 is 1.45 bits per heavy atom. The second-order valence-electron chi connectivity index (χ2n) is 8.45. The third-order valence-electron chi connectivity index (χ3n) is 5.67. The van der Waals surface area contributed by atoms with Crippen molar-refractivity contribution >= 4 is 0 Å². The van der Waals surface area contributed by atoms with E-state index in [1.807, 2.05) is 6.92 Å². The Hall–Kier alpha value is -0.690. The van der Waals surface area contributed by atoms with Crippen molar-refractivity contribution in [2.24, 2.45) is 0 Å². The van der Waals surface area contributed by atoms with Gasteiger partial charge in [-0.2, -0.15) is 0 Å². The van der Waals surface area contributed by atoms with Crippen LogP contribution in [-0.2, 0) is 23.7 Å². The van der Waals surface area contributed by atoms with E-state index in [9.17, 15) is 4.39 Å². The highest BCUT2D eigenvalue weighted by atomic mass is 19.1. The molecule has 184 valence electrons. The molecular formula is C25H47FO5.